The molecular formula is C10H10F2N2S. The van der Waals surface area contributed by atoms with E-state index in [4.69, 9.17) is 0 Å². The molecule has 0 saturated carbocycles. The second-order valence-corrected chi connectivity index (χ2v) is 4.21. The molecule has 0 unspecified atom stereocenters. The van der Waals surface area contributed by atoms with Crippen LogP contribution >= 0.6 is 11.8 Å². The highest BCUT2D eigenvalue weighted by Crippen LogP contribution is 2.12. The van der Waals surface area contributed by atoms with E-state index in [1.54, 1.807) is 11.8 Å². The van der Waals surface area contributed by atoms with Gasteiger partial charge in [0.1, 0.15) is 11.6 Å². The van der Waals surface area contributed by atoms with Gasteiger partial charge in [-0.05, 0) is 18.2 Å². The van der Waals surface area contributed by atoms with Crippen LogP contribution in [0.3, 0.4) is 0 Å². The molecule has 0 amide bonds. The van der Waals surface area contributed by atoms with Gasteiger partial charge in [0.2, 0.25) is 0 Å². The molecule has 1 aliphatic heterocycles. The van der Waals surface area contributed by atoms with Gasteiger partial charge in [-0.1, -0.05) is 11.8 Å². The summed E-state index contributed by atoms with van der Waals surface area (Å²) in [6, 6.07) is 3.44. The maximum absolute atomic E-state index is 13.2. The first-order chi connectivity index (χ1) is 7.25. The van der Waals surface area contributed by atoms with E-state index >= 15 is 0 Å². The van der Waals surface area contributed by atoms with Crippen molar-refractivity contribution in [3.05, 3.63) is 35.4 Å². The van der Waals surface area contributed by atoms with Gasteiger partial charge in [0, 0.05) is 17.9 Å². The highest BCUT2D eigenvalue weighted by molar-refractivity contribution is 8.14. The molecule has 80 valence electrons. The van der Waals surface area contributed by atoms with Crippen molar-refractivity contribution < 1.29 is 8.78 Å². The molecule has 1 aromatic carbocycles. The number of nitrogens with zero attached hydrogens (tertiary/aromatic N) is 1. The summed E-state index contributed by atoms with van der Waals surface area (Å²) < 4.78 is 26.0. The summed E-state index contributed by atoms with van der Waals surface area (Å²) in [5.74, 6) is 0.134. The summed E-state index contributed by atoms with van der Waals surface area (Å²) in [6.07, 6.45) is 0. The number of rotatable bonds is 2. The fourth-order valence-corrected chi connectivity index (χ4v) is 2.02. The van der Waals surface area contributed by atoms with Crippen LogP contribution in [0.4, 0.5) is 8.78 Å². The van der Waals surface area contributed by atoms with Crippen molar-refractivity contribution in [2.24, 2.45) is 4.99 Å². The van der Waals surface area contributed by atoms with Crippen molar-refractivity contribution in [1.82, 2.24) is 5.32 Å². The Morgan fingerprint density at radius 1 is 1.40 bits per heavy atom. The minimum atomic E-state index is -0.422. The van der Waals surface area contributed by atoms with Crippen molar-refractivity contribution in [2.45, 2.75) is 6.54 Å². The lowest BCUT2D eigenvalue weighted by Gasteiger charge is -2.06. The molecule has 0 atom stereocenters. The predicted octanol–water partition coefficient (Wildman–Crippen LogP) is 2.16. The number of aliphatic imine (C=N–C) groups is 1. The summed E-state index contributed by atoms with van der Waals surface area (Å²) in [4.78, 5) is 4.16. The quantitative estimate of drug-likeness (QED) is 0.838. The van der Waals surface area contributed by atoms with Crippen molar-refractivity contribution in [3.8, 4) is 0 Å². The second-order valence-electron chi connectivity index (χ2n) is 3.12. The van der Waals surface area contributed by atoms with E-state index in [0.717, 1.165) is 29.6 Å². The predicted molar refractivity (Wildman–Crippen MR) is 58.0 cm³/mol. The molecule has 0 spiro atoms. The van der Waals surface area contributed by atoms with Gasteiger partial charge in [-0.3, -0.25) is 4.99 Å². The minimum Gasteiger partial charge on any atom is -0.361 e. The van der Waals surface area contributed by atoms with Crippen LogP contribution in [0.1, 0.15) is 5.56 Å². The maximum atomic E-state index is 13.2. The maximum Gasteiger partial charge on any atom is 0.156 e. The molecule has 0 fully saturated rings. The zero-order valence-corrected chi connectivity index (χ0v) is 8.78. The molecule has 2 rings (SSSR count). The number of nitrogens with one attached hydrogen (secondary N) is 1. The third kappa shape index (κ3) is 2.68. The fourth-order valence-electron chi connectivity index (χ4n) is 1.29. The average molecular weight is 228 g/mol. The molecule has 0 radical (unpaired) electrons. The Kier molecular flexibility index (Phi) is 3.20. The van der Waals surface area contributed by atoms with Gasteiger partial charge < -0.3 is 5.32 Å². The van der Waals surface area contributed by atoms with E-state index in [1.807, 2.05) is 0 Å². The number of benzene rings is 1. The van der Waals surface area contributed by atoms with E-state index in [-0.39, 0.29) is 6.54 Å². The fraction of sp³-hybridized carbons (Fsp3) is 0.300. The molecule has 1 aromatic rings. The third-order valence-corrected chi connectivity index (χ3v) is 2.96. The van der Waals surface area contributed by atoms with Crippen LogP contribution in [0.25, 0.3) is 0 Å². The van der Waals surface area contributed by atoms with E-state index in [0.29, 0.717) is 5.56 Å². The smallest absolute Gasteiger partial charge is 0.156 e. The molecule has 0 saturated heterocycles. The highest BCUT2D eigenvalue weighted by Gasteiger charge is 2.08. The van der Waals surface area contributed by atoms with Gasteiger partial charge in [0.25, 0.3) is 0 Å². The summed E-state index contributed by atoms with van der Waals surface area (Å²) in [7, 11) is 0. The number of hydrogen-bond acceptors (Lipinski definition) is 3. The molecule has 0 aromatic heterocycles. The second kappa shape index (κ2) is 4.61. The Labute approximate surface area is 90.8 Å². The topological polar surface area (TPSA) is 24.4 Å². The van der Waals surface area contributed by atoms with Crippen molar-refractivity contribution in [1.29, 1.82) is 0 Å². The van der Waals surface area contributed by atoms with Crippen LogP contribution in [0.2, 0.25) is 0 Å². The molecule has 1 heterocycles. The molecule has 1 N–H and O–H groups in total. The summed E-state index contributed by atoms with van der Waals surface area (Å²) in [5.41, 5.74) is 0.324. The Morgan fingerprint density at radius 2 is 2.27 bits per heavy atom. The lowest BCUT2D eigenvalue weighted by atomic mass is 10.2. The third-order valence-electron chi connectivity index (χ3n) is 2.02. The first-order valence-corrected chi connectivity index (χ1v) is 5.59. The summed E-state index contributed by atoms with van der Waals surface area (Å²) in [6.45, 7) is 1.06. The van der Waals surface area contributed by atoms with E-state index in [2.05, 4.69) is 10.3 Å². The Balaban J connectivity index is 2.00. The number of hydrogen-bond donors (Lipinski definition) is 1. The molecule has 1 aliphatic rings. The number of halogens is 2. The lowest BCUT2D eigenvalue weighted by molar-refractivity contribution is 0.582. The minimum absolute atomic E-state index is 0.273. The summed E-state index contributed by atoms with van der Waals surface area (Å²) in [5, 5.41) is 3.78. The van der Waals surface area contributed by atoms with Gasteiger partial charge in [0.05, 0.1) is 6.54 Å². The Morgan fingerprint density at radius 3 is 3.00 bits per heavy atom. The molecule has 0 aliphatic carbocycles. The lowest BCUT2D eigenvalue weighted by Crippen LogP contribution is -2.19. The zero-order valence-electron chi connectivity index (χ0n) is 7.96. The molecular weight excluding hydrogens is 218 g/mol. The van der Waals surface area contributed by atoms with Crippen LogP contribution in [-0.4, -0.2) is 17.5 Å². The van der Waals surface area contributed by atoms with Crippen LogP contribution in [-0.2, 0) is 6.54 Å². The monoisotopic (exact) mass is 228 g/mol. The molecule has 0 bridgehead atoms. The summed E-state index contributed by atoms with van der Waals surface area (Å²) >= 11 is 1.59. The van der Waals surface area contributed by atoms with Crippen LogP contribution in [0.15, 0.2) is 23.2 Å². The average Bonchev–Trinajstić information content (AvgIpc) is 2.72. The number of thioether (sulfide) groups is 1. The largest absolute Gasteiger partial charge is 0.361 e. The van der Waals surface area contributed by atoms with Gasteiger partial charge in [-0.25, -0.2) is 8.78 Å². The van der Waals surface area contributed by atoms with Crippen molar-refractivity contribution in [3.63, 3.8) is 0 Å². The van der Waals surface area contributed by atoms with Crippen LogP contribution in [0.5, 0.6) is 0 Å². The normalized spacial score (nSPS) is 15.2. The SMILES string of the molecule is Fc1ccc(F)c(CNC2=NCCS2)c1. The Hall–Kier alpha value is -1.10. The molecule has 2 nitrogen and oxygen atoms in total. The number of amidine groups is 1. The van der Waals surface area contributed by atoms with Crippen LogP contribution in [0, 0.1) is 11.6 Å². The van der Waals surface area contributed by atoms with Crippen molar-refractivity contribution >= 4 is 16.9 Å². The zero-order chi connectivity index (χ0) is 10.7. The first-order valence-electron chi connectivity index (χ1n) is 4.61. The van der Waals surface area contributed by atoms with Gasteiger partial charge in [-0.2, -0.15) is 0 Å². The van der Waals surface area contributed by atoms with E-state index < -0.39 is 11.6 Å². The Bertz CT molecular complexity index is 393. The van der Waals surface area contributed by atoms with E-state index in [1.165, 1.54) is 6.07 Å². The van der Waals surface area contributed by atoms with Gasteiger partial charge >= 0.3 is 0 Å². The standard InChI is InChI=1S/C10H10F2N2S/c11-8-1-2-9(12)7(5-8)6-14-10-13-3-4-15-10/h1-2,5H,3-4,6H2,(H,13,14). The van der Waals surface area contributed by atoms with E-state index in [9.17, 15) is 8.78 Å². The molecule has 5 heteroatoms. The van der Waals surface area contributed by atoms with Crippen molar-refractivity contribution in [2.75, 3.05) is 12.3 Å². The first kappa shape index (κ1) is 10.4. The van der Waals surface area contributed by atoms with Crippen LogP contribution < -0.4 is 5.32 Å². The van der Waals surface area contributed by atoms with Gasteiger partial charge in [-0.15, -0.1) is 0 Å². The van der Waals surface area contributed by atoms with Gasteiger partial charge in [0.15, 0.2) is 5.17 Å². The highest BCUT2D eigenvalue weighted by atomic mass is 32.2. The molecule has 15 heavy (non-hydrogen) atoms.